The van der Waals surface area contributed by atoms with Crippen molar-refractivity contribution in [2.75, 3.05) is 39.8 Å². The van der Waals surface area contributed by atoms with E-state index in [1.165, 1.54) is 12.8 Å². The summed E-state index contributed by atoms with van der Waals surface area (Å²) in [6.07, 6.45) is 2.05. The van der Waals surface area contributed by atoms with Crippen LogP contribution >= 0.6 is 0 Å². The Morgan fingerprint density at radius 3 is 2.62 bits per heavy atom. The summed E-state index contributed by atoms with van der Waals surface area (Å²) in [7, 11) is 2.13. The molecule has 0 aliphatic rings. The van der Waals surface area contributed by atoms with Crippen LogP contribution in [0.2, 0.25) is 0 Å². The third kappa shape index (κ3) is 9.05. The minimum atomic E-state index is -0.414. The maximum absolute atomic E-state index is 11.5. The molecule has 5 nitrogen and oxygen atoms in total. The van der Waals surface area contributed by atoms with Crippen molar-refractivity contribution in [2.24, 2.45) is 0 Å². The molecule has 5 heteroatoms. The van der Waals surface area contributed by atoms with Crippen molar-refractivity contribution in [1.29, 1.82) is 0 Å². The van der Waals surface area contributed by atoms with Gasteiger partial charge in [-0.3, -0.25) is 0 Å². The maximum atomic E-state index is 11.5. The zero-order valence-corrected chi connectivity index (χ0v) is 13.1. The SMILES string of the molecule is CCCCN(C)CCNCCNC(=O)Oc1ccccc1. The minimum Gasteiger partial charge on any atom is -0.410 e. The van der Waals surface area contributed by atoms with Gasteiger partial charge in [0, 0.05) is 26.2 Å². The van der Waals surface area contributed by atoms with Crippen LogP contribution in [0.4, 0.5) is 4.79 Å². The lowest BCUT2D eigenvalue weighted by molar-refractivity contribution is 0.200. The summed E-state index contributed by atoms with van der Waals surface area (Å²) in [5.41, 5.74) is 0. The van der Waals surface area contributed by atoms with Crippen molar-refractivity contribution in [3.8, 4) is 5.75 Å². The van der Waals surface area contributed by atoms with E-state index in [2.05, 4.69) is 29.5 Å². The predicted octanol–water partition coefficient (Wildman–Crippen LogP) is 2.10. The largest absolute Gasteiger partial charge is 0.412 e. The summed E-state index contributed by atoms with van der Waals surface area (Å²) in [5.74, 6) is 0.556. The molecule has 1 amide bonds. The number of carbonyl (C=O) groups excluding carboxylic acids is 1. The number of nitrogens with one attached hydrogen (secondary N) is 2. The second-order valence-corrected chi connectivity index (χ2v) is 5.04. The van der Waals surface area contributed by atoms with Gasteiger partial charge in [0.25, 0.3) is 0 Å². The topological polar surface area (TPSA) is 53.6 Å². The number of hydrogen-bond donors (Lipinski definition) is 2. The van der Waals surface area contributed by atoms with Crippen LogP contribution in [0, 0.1) is 0 Å². The first-order valence-electron chi connectivity index (χ1n) is 7.62. The molecule has 0 aromatic heterocycles. The lowest BCUT2D eigenvalue weighted by Gasteiger charge is -2.16. The van der Waals surface area contributed by atoms with E-state index in [1.807, 2.05) is 18.2 Å². The molecule has 0 aliphatic carbocycles. The number of likely N-dealkylation sites (N-methyl/N-ethyl adjacent to an activating group) is 1. The number of unbranched alkanes of at least 4 members (excludes halogenated alkanes) is 1. The number of benzene rings is 1. The van der Waals surface area contributed by atoms with E-state index in [0.29, 0.717) is 12.3 Å². The van der Waals surface area contributed by atoms with Gasteiger partial charge in [-0.25, -0.2) is 4.79 Å². The number of carbonyl (C=O) groups is 1. The highest BCUT2D eigenvalue weighted by molar-refractivity contribution is 5.70. The van der Waals surface area contributed by atoms with Gasteiger partial charge in [0.05, 0.1) is 0 Å². The first-order valence-corrected chi connectivity index (χ1v) is 7.62. The molecule has 118 valence electrons. The summed E-state index contributed by atoms with van der Waals surface area (Å²) in [4.78, 5) is 13.8. The Morgan fingerprint density at radius 2 is 1.90 bits per heavy atom. The Kier molecular flexibility index (Phi) is 9.24. The van der Waals surface area contributed by atoms with Crippen LogP contribution in [0.15, 0.2) is 30.3 Å². The van der Waals surface area contributed by atoms with Gasteiger partial charge in [-0.15, -0.1) is 0 Å². The highest BCUT2D eigenvalue weighted by Gasteiger charge is 2.02. The molecule has 0 unspecified atom stereocenters. The number of para-hydroxylation sites is 1. The molecule has 0 heterocycles. The zero-order valence-electron chi connectivity index (χ0n) is 13.1. The third-order valence-electron chi connectivity index (χ3n) is 3.09. The molecule has 0 bridgehead atoms. The van der Waals surface area contributed by atoms with Crippen molar-refractivity contribution in [3.05, 3.63) is 30.3 Å². The minimum absolute atomic E-state index is 0.414. The van der Waals surface area contributed by atoms with E-state index < -0.39 is 6.09 Å². The van der Waals surface area contributed by atoms with Crippen molar-refractivity contribution < 1.29 is 9.53 Å². The fourth-order valence-corrected chi connectivity index (χ4v) is 1.82. The van der Waals surface area contributed by atoms with E-state index in [4.69, 9.17) is 4.74 Å². The number of ether oxygens (including phenoxy) is 1. The van der Waals surface area contributed by atoms with Gasteiger partial charge in [-0.2, -0.15) is 0 Å². The molecular formula is C16H27N3O2. The molecule has 0 aliphatic heterocycles. The van der Waals surface area contributed by atoms with Crippen LogP contribution in [0.25, 0.3) is 0 Å². The second kappa shape index (κ2) is 11.1. The lowest BCUT2D eigenvalue weighted by Crippen LogP contribution is -2.36. The standard InChI is InChI=1S/C16H27N3O2/c1-3-4-13-19(2)14-12-17-10-11-18-16(20)21-15-8-6-5-7-9-15/h5-9,17H,3-4,10-14H2,1-2H3,(H,18,20). The smallest absolute Gasteiger partial charge is 0.410 e. The Morgan fingerprint density at radius 1 is 1.14 bits per heavy atom. The molecule has 1 rings (SSSR count). The average molecular weight is 293 g/mol. The summed E-state index contributed by atoms with van der Waals surface area (Å²) in [6, 6.07) is 9.05. The van der Waals surface area contributed by atoms with Crippen LogP contribution in [0.5, 0.6) is 5.75 Å². The molecule has 0 saturated heterocycles. The highest BCUT2D eigenvalue weighted by Crippen LogP contribution is 2.07. The normalized spacial score (nSPS) is 10.6. The number of hydrogen-bond acceptors (Lipinski definition) is 4. The van der Waals surface area contributed by atoms with E-state index in [1.54, 1.807) is 12.1 Å². The first kappa shape index (κ1) is 17.5. The van der Waals surface area contributed by atoms with Crippen molar-refractivity contribution in [1.82, 2.24) is 15.5 Å². The molecule has 2 N–H and O–H groups in total. The highest BCUT2D eigenvalue weighted by atomic mass is 16.5. The van der Waals surface area contributed by atoms with Crippen LogP contribution < -0.4 is 15.4 Å². The molecule has 1 aromatic rings. The molecule has 1 aromatic carbocycles. The monoisotopic (exact) mass is 293 g/mol. The number of amides is 1. The number of nitrogens with zero attached hydrogens (tertiary/aromatic N) is 1. The van der Waals surface area contributed by atoms with Crippen LogP contribution in [0.1, 0.15) is 19.8 Å². The van der Waals surface area contributed by atoms with Crippen LogP contribution in [-0.4, -0.2) is 50.8 Å². The van der Waals surface area contributed by atoms with Gasteiger partial charge in [-0.1, -0.05) is 31.5 Å². The van der Waals surface area contributed by atoms with Gasteiger partial charge >= 0.3 is 6.09 Å². The summed E-state index contributed by atoms with van der Waals surface area (Å²) < 4.78 is 5.12. The quantitative estimate of drug-likeness (QED) is 0.649. The fraction of sp³-hybridized carbons (Fsp3) is 0.562. The summed E-state index contributed by atoms with van der Waals surface area (Å²) >= 11 is 0. The maximum Gasteiger partial charge on any atom is 0.412 e. The van der Waals surface area contributed by atoms with Gasteiger partial charge in [0.2, 0.25) is 0 Å². The molecular weight excluding hydrogens is 266 g/mol. The Balaban J connectivity index is 1.98. The molecule has 0 radical (unpaired) electrons. The predicted molar refractivity (Wildman–Crippen MR) is 85.7 cm³/mol. The average Bonchev–Trinajstić information content (AvgIpc) is 2.49. The second-order valence-electron chi connectivity index (χ2n) is 5.04. The fourth-order valence-electron chi connectivity index (χ4n) is 1.82. The van der Waals surface area contributed by atoms with E-state index in [9.17, 15) is 4.79 Å². The van der Waals surface area contributed by atoms with E-state index in [0.717, 1.165) is 26.2 Å². The molecule has 0 spiro atoms. The molecule has 0 fully saturated rings. The van der Waals surface area contributed by atoms with Crippen LogP contribution in [0.3, 0.4) is 0 Å². The van der Waals surface area contributed by atoms with E-state index >= 15 is 0 Å². The Hall–Kier alpha value is -1.59. The van der Waals surface area contributed by atoms with Gasteiger partial charge in [0.15, 0.2) is 0 Å². The van der Waals surface area contributed by atoms with Crippen molar-refractivity contribution in [3.63, 3.8) is 0 Å². The third-order valence-corrected chi connectivity index (χ3v) is 3.09. The summed E-state index contributed by atoms with van der Waals surface area (Å²) in [5, 5.41) is 6.02. The molecule has 0 saturated carbocycles. The Bertz CT molecular complexity index is 384. The summed E-state index contributed by atoms with van der Waals surface area (Å²) in [6.45, 7) is 6.59. The van der Waals surface area contributed by atoms with Crippen LogP contribution in [-0.2, 0) is 0 Å². The molecule has 0 atom stereocenters. The van der Waals surface area contributed by atoms with Crippen molar-refractivity contribution in [2.45, 2.75) is 19.8 Å². The number of rotatable bonds is 10. The van der Waals surface area contributed by atoms with E-state index in [-0.39, 0.29) is 0 Å². The zero-order chi connectivity index (χ0) is 15.3. The van der Waals surface area contributed by atoms with Gasteiger partial charge in [0.1, 0.15) is 5.75 Å². The van der Waals surface area contributed by atoms with Gasteiger partial charge in [-0.05, 0) is 32.1 Å². The van der Waals surface area contributed by atoms with Crippen molar-refractivity contribution >= 4 is 6.09 Å². The first-order chi connectivity index (χ1) is 10.2. The Labute approximate surface area is 127 Å². The molecule has 21 heavy (non-hydrogen) atoms. The lowest BCUT2D eigenvalue weighted by atomic mass is 10.3. The van der Waals surface area contributed by atoms with Gasteiger partial charge < -0.3 is 20.3 Å².